The summed E-state index contributed by atoms with van der Waals surface area (Å²) in [6.07, 6.45) is 0.721. The number of carboxylic acids is 1. The first-order valence-corrected chi connectivity index (χ1v) is 5.92. The smallest absolute Gasteiger partial charge is 0.344 e. The molecule has 1 atom stereocenters. The second-order valence-corrected chi connectivity index (χ2v) is 4.22. The van der Waals surface area contributed by atoms with Crippen LogP contribution in [0.3, 0.4) is 0 Å². The third-order valence-corrected chi connectivity index (χ3v) is 2.90. The molecule has 0 spiro atoms. The summed E-state index contributed by atoms with van der Waals surface area (Å²) in [7, 11) is 0. The summed E-state index contributed by atoms with van der Waals surface area (Å²) in [6.45, 7) is 1.75. The molecule has 1 aromatic carbocycles. The molecular weight excluding hydrogens is 234 g/mol. The summed E-state index contributed by atoms with van der Waals surface area (Å²) >= 11 is 0. The van der Waals surface area contributed by atoms with E-state index in [1.807, 2.05) is 6.07 Å². The van der Waals surface area contributed by atoms with Gasteiger partial charge >= 0.3 is 5.97 Å². The van der Waals surface area contributed by atoms with E-state index in [0.29, 0.717) is 30.7 Å². The Hall–Kier alpha value is -2.04. The van der Waals surface area contributed by atoms with Crippen molar-refractivity contribution in [1.82, 2.24) is 0 Å². The highest BCUT2D eigenvalue weighted by molar-refractivity contribution is 5.94. The molecule has 2 N–H and O–H groups in total. The zero-order valence-corrected chi connectivity index (χ0v) is 10.1. The fourth-order valence-corrected chi connectivity index (χ4v) is 1.90. The predicted octanol–water partition coefficient (Wildman–Crippen LogP) is 1.81. The molecule has 1 aliphatic rings. The van der Waals surface area contributed by atoms with Gasteiger partial charge in [0.05, 0.1) is 0 Å². The molecule has 5 heteroatoms. The normalized spacial score (nSPS) is 15.5. The first kappa shape index (κ1) is 12.4. The summed E-state index contributed by atoms with van der Waals surface area (Å²) < 4.78 is 5.38. The van der Waals surface area contributed by atoms with E-state index in [1.165, 1.54) is 0 Å². The quantitative estimate of drug-likeness (QED) is 0.853. The van der Waals surface area contributed by atoms with Crippen molar-refractivity contribution in [1.29, 1.82) is 0 Å². The fraction of sp³-hybridized carbons (Fsp3) is 0.385. The van der Waals surface area contributed by atoms with E-state index >= 15 is 0 Å². The van der Waals surface area contributed by atoms with Gasteiger partial charge in [0.2, 0.25) is 5.91 Å². The van der Waals surface area contributed by atoms with Crippen molar-refractivity contribution in [3.05, 3.63) is 23.8 Å². The van der Waals surface area contributed by atoms with Crippen LogP contribution in [0.2, 0.25) is 0 Å². The molecule has 0 aromatic heterocycles. The number of carbonyl (C=O) groups is 2. The number of hydrogen-bond donors (Lipinski definition) is 2. The summed E-state index contributed by atoms with van der Waals surface area (Å²) in [5, 5.41) is 11.7. The van der Waals surface area contributed by atoms with Crippen LogP contribution in [-0.4, -0.2) is 23.1 Å². The van der Waals surface area contributed by atoms with Gasteiger partial charge in [-0.15, -0.1) is 0 Å². The van der Waals surface area contributed by atoms with Crippen LogP contribution in [0.5, 0.6) is 5.75 Å². The van der Waals surface area contributed by atoms with Gasteiger partial charge in [0.25, 0.3) is 0 Å². The van der Waals surface area contributed by atoms with E-state index in [-0.39, 0.29) is 5.91 Å². The number of ether oxygens (including phenoxy) is 1. The van der Waals surface area contributed by atoms with Crippen LogP contribution in [0.4, 0.5) is 5.69 Å². The number of benzene rings is 1. The van der Waals surface area contributed by atoms with Crippen LogP contribution >= 0.6 is 0 Å². The molecule has 1 unspecified atom stereocenters. The first-order chi connectivity index (χ1) is 8.60. The topological polar surface area (TPSA) is 75.6 Å². The fourth-order valence-electron chi connectivity index (χ4n) is 1.90. The maximum absolute atomic E-state index is 11.3. The summed E-state index contributed by atoms with van der Waals surface area (Å²) in [6, 6.07) is 5.28. The first-order valence-electron chi connectivity index (χ1n) is 5.92. The highest BCUT2D eigenvalue weighted by atomic mass is 16.5. The molecule has 0 radical (unpaired) electrons. The molecule has 0 saturated heterocycles. The summed E-state index contributed by atoms with van der Waals surface area (Å²) in [5.41, 5.74) is 1.76. The van der Waals surface area contributed by atoms with Gasteiger partial charge in [0, 0.05) is 18.2 Å². The minimum Gasteiger partial charge on any atom is -0.479 e. The van der Waals surface area contributed by atoms with Crippen LogP contribution in [-0.2, 0) is 16.0 Å². The van der Waals surface area contributed by atoms with Gasteiger partial charge in [-0.3, -0.25) is 4.79 Å². The molecule has 5 nitrogen and oxygen atoms in total. The predicted molar refractivity (Wildman–Crippen MR) is 65.7 cm³/mol. The maximum Gasteiger partial charge on any atom is 0.344 e. The van der Waals surface area contributed by atoms with Crippen LogP contribution in [0.15, 0.2) is 18.2 Å². The summed E-state index contributed by atoms with van der Waals surface area (Å²) in [4.78, 5) is 22.2. The number of fused-ring (bicyclic) bond motifs is 1. The van der Waals surface area contributed by atoms with Crippen molar-refractivity contribution in [2.45, 2.75) is 32.3 Å². The zero-order valence-electron chi connectivity index (χ0n) is 10.1. The number of hydrogen-bond acceptors (Lipinski definition) is 3. The van der Waals surface area contributed by atoms with Crippen molar-refractivity contribution in [3.63, 3.8) is 0 Å². The van der Waals surface area contributed by atoms with Crippen LogP contribution < -0.4 is 10.1 Å². The lowest BCUT2D eigenvalue weighted by Gasteiger charge is -2.19. The van der Waals surface area contributed by atoms with Gasteiger partial charge in [0.15, 0.2) is 6.10 Å². The average Bonchev–Trinajstić information content (AvgIpc) is 2.35. The Morgan fingerprint density at radius 3 is 2.94 bits per heavy atom. The van der Waals surface area contributed by atoms with Gasteiger partial charge in [-0.25, -0.2) is 4.79 Å². The van der Waals surface area contributed by atoms with Gasteiger partial charge in [-0.05, 0) is 24.5 Å². The van der Waals surface area contributed by atoms with E-state index in [9.17, 15) is 9.59 Å². The number of aliphatic carboxylic acids is 1. The van der Waals surface area contributed by atoms with Crippen molar-refractivity contribution >= 4 is 17.6 Å². The summed E-state index contributed by atoms with van der Waals surface area (Å²) in [5.74, 6) is -0.547. The molecule has 1 amide bonds. The molecular formula is C13H15NO4. The van der Waals surface area contributed by atoms with Crippen molar-refractivity contribution in [2.75, 3.05) is 5.32 Å². The Morgan fingerprint density at radius 2 is 2.28 bits per heavy atom. The van der Waals surface area contributed by atoms with E-state index in [1.54, 1.807) is 19.1 Å². The number of anilines is 1. The van der Waals surface area contributed by atoms with E-state index in [2.05, 4.69) is 5.32 Å². The number of carbonyl (C=O) groups excluding carboxylic acids is 1. The van der Waals surface area contributed by atoms with Gasteiger partial charge in [-0.1, -0.05) is 13.0 Å². The van der Waals surface area contributed by atoms with Gasteiger partial charge < -0.3 is 15.2 Å². The third kappa shape index (κ3) is 2.61. The number of carboxylic acid groups (broad SMARTS) is 1. The standard InChI is InChI=1S/C13H15NO4/c1-2-11(13(16)17)18-9-5-3-8-4-6-12(15)14-10(8)7-9/h3,5,7,11H,2,4,6H2,1H3,(H,14,15)(H,16,17). The molecule has 1 aliphatic heterocycles. The Kier molecular flexibility index (Phi) is 3.50. The third-order valence-electron chi connectivity index (χ3n) is 2.90. The van der Waals surface area contributed by atoms with Gasteiger partial charge in [-0.2, -0.15) is 0 Å². The molecule has 0 fully saturated rings. The lowest BCUT2D eigenvalue weighted by molar-refractivity contribution is -0.145. The van der Waals surface area contributed by atoms with Crippen LogP contribution in [0.25, 0.3) is 0 Å². The molecule has 96 valence electrons. The van der Waals surface area contributed by atoms with Crippen LogP contribution in [0, 0.1) is 0 Å². The minimum absolute atomic E-state index is 0.0232. The second-order valence-electron chi connectivity index (χ2n) is 4.22. The molecule has 0 bridgehead atoms. The second kappa shape index (κ2) is 5.08. The maximum atomic E-state index is 11.3. The Labute approximate surface area is 105 Å². The number of nitrogens with one attached hydrogen (secondary N) is 1. The number of aryl methyl sites for hydroxylation is 1. The highest BCUT2D eigenvalue weighted by Crippen LogP contribution is 2.27. The lowest BCUT2D eigenvalue weighted by atomic mass is 10.0. The average molecular weight is 249 g/mol. The molecule has 0 aliphatic carbocycles. The molecule has 0 saturated carbocycles. The van der Waals surface area contributed by atoms with Gasteiger partial charge in [0.1, 0.15) is 5.75 Å². The van der Waals surface area contributed by atoms with Crippen molar-refractivity contribution in [2.24, 2.45) is 0 Å². The Balaban J connectivity index is 2.18. The molecule has 1 aromatic rings. The van der Waals surface area contributed by atoms with Crippen molar-refractivity contribution in [3.8, 4) is 5.75 Å². The van der Waals surface area contributed by atoms with E-state index in [0.717, 1.165) is 5.56 Å². The number of rotatable bonds is 4. The minimum atomic E-state index is -0.987. The largest absolute Gasteiger partial charge is 0.479 e. The molecule has 1 heterocycles. The number of amides is 1. The molecule has 2 rings (SSSR count). The highest BCUT2D eigenvalue weighted by Gasteiger charge is 2.19. The lowest BCUT2D eigenvalue weighted by Crippen LogP contribution is -2.26. The monoisotopic (exact) mass is 249 g/mol. The Morgan fingerprint density at radius 1 is 1.50 bits per heavy atom. The SMILES string of the molecule is CCC(Oc1ccc2c(c1)NC(=O)CC2)C(=O)O. The van der Waals surface area contributed by atoms with E-state index < -0.39 is 12.1 Å². The zero-order chi connectivity index (χ0) is 13.1. The Bertz CT molecular complexity index is 484. The van der Waals surface area contributed by atoms with Crippen molar-refractivity contribution < 1.29 is 19.4 Å². The van der Waals surface area contributed by atoms with Crippen LogP contribution in [0.1, 0.15) is 25.3 Å². The van der Waals surface area contributed by atoms with E-state index in [4.69, 9.17) is 9.84 Å². The molecule has 18 heavy (non-hydrogen) atoms.